The molecule has 1 radical (unpaired) electrons. The number of rotatable bonds is 4. The van der Waals surface area contributed by atoms with Gasteiger partial charge in [-0.15, -0.1) is 0 Å². The molecule has 1 aromatic rings. The van der Waals surface area contributed by atoms with Crippen LogP contribution < -0.4 is 5.43 Å². The molecule has 0 spiro atoms. The van der Waals surface area contributed by atoms with Crippen LogP contribution in [0.3, 0.4) is 0 Å². The minimum atomic E-state index is -5.16. The summed E-state index contributed by atoms with van der Waals surface area (Å²) in [6.07, 6.45) is -1.65. The molecule has 2 amide bonds. The first-order valence-electron chi connectivity index (χ1n) is 5.62. The van der Waals surface area contributed by atoms with E-state index in [2.05, 4.69) is 0 Å². The fourth-order valence-electron chi connectivity index (χ4n) is 1.24. The Morgan fingerprint density at radius 1 is 1.24 bits per heavy atom. The number of halogens is 3. The van der Waals surface area contributed by atoms with Crippen LogP contribution in [0.2, 0.25) is 0 Å². The number of nitrogens with zero attached hydrogens (tertiary/aromatic N) is 1. The van der Waals surface area contributed by atoms with Gasteiger partial charge in [-0.2, -0.15) is 13.2 Å². The number of amides is 2. The fourth-order valence-corrected chi connectivity index (χ4v) is 1.24. The van der Waals surface area contributed by atoms with Crippen molar-refractivity contribution in [2.45, 2.75) is 6.18 Å². The minimum Gasteiger partial charge on any atom is -0.289 e. The third-order valence-corrected chi connectivity index (χ3v) is 2.20. The Morgan fingerprint density at radius 2 is 1.86 bits per heavy atom. The predicted molar refractivity (Wildman–Crippen MR) is 67.1 cm³/mol. The molecule has 0 bridgehead atoms. The summed E-state index contributed by atoms with van der Waals surface area (Å²) < 4.78 is 36.3. The Kier molecular flexibility index (Phi) is 5.65. The van der Waals surface area contributed by atoms with E-state index in [0.717, 1.165) is 6.08 Å². The van der Waals surface area contributed by atoms with Crippen LogP contribution in [0.1, 0.15) is 5.56 Å². The Bertz CT molecular complexity index is 541. The molecule has 1 aromatic carbocycles. The van der Waals surface area contributed by atoms with Crippen molar-refractivity contribution in [3.05, 3.63) is 42.0 Å². The van der Waals surface area contributed by atoms with Gasteiger partial charge in [-0.1, -0.05) is 30.3 Å². The zero-order valence-corrected chi connectivity index (χ0v) is 10.6. The van der Waals surface area contributed by atoms with E-state index in [4.69, 9.17) is 0 Å². The van der Waals surface area contributed by atoms with Gasteiger partial charge in [0.25, 0.3) is 5.91 Å². The maximum Gasteiger partial charge on any atom is 0.472 e. The first-order chi connectivity index (χ1) is 9.84. The third kappa shape index (κ3) is 5.47. The summed E-state index contributed by atoms with van der Waals surface area (Å²) in [5, 5.41) is 0.224. The fraction of sp³-hybridized carbons (Fsp3) is 0.154. The zero-order chi connectivity index (χ0) is 15.9. The van der Waals surface area contributed by atoms with Crippen molar-refractivity contribution in [2.24, 2.45) is 0 Å². The highest BCUT2D eigenvalue weighted by molar-refractivity contribution is 5.94. The van der Waals surface area contributed by atoms with Crippen LogP contribution in [0.25, 0.3) is 6.08 Å². The molecule has 0 unspecified atom stereocenters. The van der Waals surface area contributed by atoms with Crippen LogP contribution in [0.15, 0.2) is 36.4 Å². The molecule has 5 nitrogen and oxygen atoms in total. The van der Waals surface area contributed by atoms with Gasteiger partial charge in [0.1, 0.15) is 6.54 Å². The molecule has 8 heteroatoms. The topological polar surface area (TPSA) is 66.5 Å². The number of alkyl halides is 3. The summed E-state index contributed by atoms with van der Waals surface area (Å²) >= 11 is 0. The maximum absolute atomic E-state index is 12.1. The lowest BCUT2D eigenvalue weighted by atomic mass is 10.2. The summed E-state index contributed by atoms with van der Waals surface area (Å²) in [6.45, 7) is -0.820. The van der Waals surface area contributed by atoms with Crippen molar-refractivity contribution in [2.75, 3.05) is 6.54 Å². The second kappa shape index (κ2) is 7.22. The summed E-state index contributed by atoms with van der Waals surface area (Å²) in [5.41, 5.74) is 1.93. The highest BCUT2D eigenvalue weighted by Crippen LogP contribution is 2.14. The molecule has 21 heavy (non-hydrogen) atoms. The van der Waals surface area contributed by atoms with Gasteiger partial charge in [-0.05, 0) is 11.6 Å². The van der Waals surface area contributed by atoms with Gasteiger partial charge in [-0.3, -0.25) is 19.8 Å². The van der Waals surface area contributed by atoms with E-state index in [1.54, 1.807) is 30.3 Å². The van der Waals surface area contributed by atoms with Crippen molar-refractivity contribution in [1.82, 2.24) is 10.4 Å². The van der Waals surface area contributed by atoms with Crippen molar-refractivity contribution in [1.29, 1.82) is 0 Å². The van der Waals surface area contributed by atoms with Crippen LogP contribution in [-0.2, 0) is 14.4 Å². The average Bonchev–Trinajstić information content (AvgIpc) is 2.44. The van der Waals surface area contributed by atoms with Gasteiger partial charge in [-0.25, -0.2) is 5.01 Å². The molecule has 1 rings (SSSR count). The second-order valence-corrected chi connectivity index (χ2v) is 3.75. The number of carbonyl (C=O) groups is 2. The Morgan fingerprint density at radius 3 is 2.38 bits per heavy atom. The highest BCUT2D eigenvalue weighted by Gasteiger charge is 2.40. The molecule has 0 atom stereocenters. The molecule has 1 N–H and O–H groups in total. The molecule has 0 aliphatic rings. The van der Waals surface area contributed by atoms with E-state index < -0.39 is 24.5 Å². The summed E-state index contributed by atoms with van der Waals surface area (Å²) in [4.78, 5) is 32.6. The number of hydrogen-bond acceptors (Lipinski definition) is 3. The largest absolute Gasteiger partial charge is 0.472 e. The molecule has 0 aliphatic heterocycles. The van der Waals surface area contributed by atoms with Crippen LogP contribution in [0.4, 0.5) is 13.2 Å². The summed E-state index contributed by atoms with van der Waals surface area (Å²) in [7, 11) is 0. The zero-order valence-electron chi connectivity index (χ0n) is 10.6. The lowest BCUT2D eigenvalue weighted by Gasteiger charge is -2.19. The summed E-state index contributed by atoms with van der Waals surface area (Å²) in [5.74, 6) is -3.33. The van der Waals surface area contributed by atoms with E-state index in [1.807, 2.05) is 0 Å². The van der Waals surface area contributed by atoms with Crippen molar-refractivity contribution >= 4 is 24.2 Å². The van der Waals surface area contributed by atoms with Crippen LogP contribution in [0.5, 0.6) is 0 Å². The molecule has 111 valence electrons. The van der Waals surface area contributed by atoms with Crippen LogP contribution in [-0.4, -0.2) is 35.8 Å². The molecule has 0 saturated heterocycles. The minimum absolute atomic E-state index is 0.224. The molecule has 0 saturated carbocycles. The van der Waals surface area contributed by atoms with Crippen molar-refractivity contribution in [3.8, 4) is 0 Å². The lowest BCUT2D eigenvalue weighted by Crippen LogP contribution is -2.51. The van der Waals surface area contributed by atoms with E-state index in [1.165, 1.54) is 17.8 Å². The predicted octanol–water partition coefficient (Wildman–Crippen LogP) is 1.23. The monoisotopic (exact) mass is 299 g/mol. The first kappa shape index (κ1) is 16.4. The smallest absolute Gasteiger partial charge is 0.289 e. The van der Waals surface area contributed by atoms with Crippen LogP contribution in [0, 0.1) is 0 Å². The van der Waals surface area contributed by atoms with Gasteiger partial charge < -0.3 is 0 Å². The van der Waals surface area contributed by atoms with Gasteiger partial charge in [0.2, 0.25) is 6.29 Å². The number of hydrazine groups is 1. The van der Waals surface area contributed by atoms with Gasteiger partial charge in [0.05, 0.1) is 0 Å². The second-order valence-electron chi connectivity index (χ2n) is 3.75. The standard InChI is InChI=1S/C13H10F3N2O3/c14-13(15,16)12(21)17-18(8-9-19)11(20)7-6-10-4-2-1-3-5-10/h1-7H,8H2,(H,17,21)/b7-6+. The van der Waals surface area contributed by atoms with Gasteiger partial charge in [0, 0.05) is 6.08 Å². The third-order valence-electron chi connectivity index (χ3n) is 2.20. The Labute approximate surface area is 118 Å². The number of hydrogen-bond donors (Lipinski definition) is 1. The normalized spacial score (nSPS) is 11.2. The Hall–Kier alpha value is -2.64. The lowest BCUT2D eigenvalue weighted by molar-refractivity contribution is -0.179. The van der Waals surface area contributed by atoms with E-state index in [0.29, 0.717) is 5.56 Å². The number of carbonyl (C=O) groups excluding carboxylic acids is 3. The Balaban J connectivity index is 2.76. The van der Waals surface area contributed by atoms with Gasteiger partial charge >= 0.3 is 12.1 Å². The van der Waals surface area contributed by atoms with E-state index in [-0.39, 0.29) is 5.01 Å². The summed E-state index contributed by atoms with van der Waals surface area (Å²) in [6, 6.07) is 8.47. The van der Waals surface area contributed by atoms with E-state index >= 15 is 0 Å². The first-order valence-corrected chi connectivity index (χ1v) is 5.62. The molecule has 0 aromatic heterocycles. The molecule has 0 heterocycles. The SMILES string of the molecule is O=[C]CN(NC(=O)C(F)(F)F)C(=O)/C=C/c1ccccc1. The number of nitrogens with one attached hydrogen (secondary N) is 1. The maximum atomic E-state index is 12.1. The van der Waals surface area contributed by atoms with Crippen LogP contribution >= 0.6 is 0 Å². The van der Waals surface area contributed by atoms with Gasteiger partial charge in [0.15, 0.2) is 0 Å². The average molecular weight is 299 g/mol. The van der Waals surface area contributed by atoms with E-state index in [9.17, 15) is 27.6 Å². The number of benzene rings is 1. The molecule has 0 fully saturated rings. The molecular weight excluding hydrogens is 289 g/mol. The molecular formula is C13H10F3N2O3. The molecule has 0 aliphatic carbocycles. The van der Waals surface area contributed by atoms with Crippen molar-refractivity contribution < 1.29 is 27.6 Å². The quantitative estimate of drug-likeness (QED) is 0.672. The van der Waals surface area contributed by atoms with Crippen molar-refractivity contribution in [3.63, 3.8) is 0 Å². The highest BCUT2D eigenvalue weighted by atomic mass is 19.4.